The Balaban J connectivity index is 2.06. The van der Waals surface area contributed by atoms with Gasteiger partial charge < -0.3 is 10.5 Å². The van der Waals surface area contributed by atoms with Gasteiger partial charge in [0, 0.05) is 17.9 Å². The average molecular weight is 99.1 g/mol. The van der Waals surface area contributed by atoms with Crippen molar-refractivity contribution < 1.29 is 4.74 Å². The number of rotatable bonds is 0. The van der Waals surface area contributed by atoms with Crippen LogP contribution in [-0.4, -0.2) is 19.3 Å². The Kier molecular flexibility index (Phi) is 0.557. The zero-order valence-corrected chi connectivity index (χ0v) is 4.13. The average Bonchev–Trinajstić information content (AvgIpc) is 2.26. The highest BCUT2D eigenvalue weighted by molar-refractivity contribution is 5.03. The molecule has 1 heterocycles. The fraction of sp³-hybridized carbons (Fsp3) is 1.00. The molecule has 0 aromatic heterocycles. The fourth-order valence-corrected chi connectivity index (χ4v) is 1.28. The molecule has 1 saturated heterocycles. The molecular weight excluding hydrogens is 90.1 g/mol. The Bertz CT molecular complexity index is 84.1. The molecule has 1 aliphatic carbocycles. The molecule has 1 aliphatic heterocycles. The van der Waals surface area contributed by atoms with Gasteiger partial charge in [0.2, 0.25) is 0 Å². The van der Waals surface area contributed by atoms with Crippen LogP contribution in [0.2, 0.25) is 0 Å². The molecule has 2 unspecified atom stereocenters. The van der Waals surface area contributed by atoms with Crippen LogP contribution in [0, 0.1) is 11.8 Å². The van der Waals surface area contributed by atoms with Gasteiger partial charge in [0.1, 0.15) is 0 Å². The molecule has 40 valence electrons. The van der Waals surface area contributed by atoms with Crippen molar-refractivity contribution in [3.63, 3.8) is 0 Å². The molecule has 2 aliphatic rings. The normalized spacial score (nSPS) is 57.0. The van der Waals surface area contributed by atoms with Gasteiger partial charge in [0.05, 0.1) is 13.2 Å². The molecule has 2 atom stereocenters. The molecule has 1 saturated carbocycles. The maximum atomic E-state index is 5.59. The molecule has 2 N–H and O–H groups in total. The Labute approximate surface area is 42.6 Å². The van der Waals surface area contributed by atoms with Crippen LogP contribution in [0.4, 0.5) is 0 Å². The molecular formula is C5H9NO. The van der Waals surface area contributed by atoms with Gasteiger partial charge >= 0.3 is 0 Å². The number of ether oxygens (including phenoxy) is 1. The van der Waals surface area contributed by atoms with Crippen molar-refractivity contribution in [2.24, 2.45) is 17.6 Å². The number of hydrogen-bond donors (Lipinski definition) is 1. The summed E-state index contributed by atoms with van der Waals surface area (Å²) >= 11 is 0. The van der Waals surface area contributed by atoms with E-state index in [4.69, 9.17) is 10.5 Å². The summed E-state index contributed by atoms with van der Waals surface area (Å²) in [5.41, 5.74) is 5.59. The maximum absolute atomic E-state index is 5.59. The first-order valence-electron chi connectivity index (χ1n) is 2.73. The SMILES string of the molecule is NC1C2COCC12. The molecule has 0 aromatic rings. The third-order valence-corrected chi connectivity index (χ3v) is 2.02. The van der Waals surface area contributed by atoms with Gasteiger partial charge in [-0.15, -0.1) is 0 Å². The van der Waals surface area contributed by atoms with Gasteiger partial charge in [0.25, 0.3) is 0 Å². The molecule has 0 aromatic carbocycles. The monoisotopic (exact) mass is 99.1 g/mol. The zero-order chi connectivity index (χ0) is 4.85. The molecule has 2 heteroatoms. The molecule has 2 fully saturated rings. The molecule has 0 bridgehead atoms. The standard InChI is InChI=1S/C5H9NO/c6-5-3-1-7-2-4(3)5/h3-5H,1-2,6H2. The van der Waals surface area contributed by atoms with Crippen molar-refractivity contribution in [2.75, 3.05) is 13.2 Å². The van der Waals surface area contributed by atoms with E-state index >= 15 is 0 Å². The molecule has 2 rings (SSSR count). The third kappa shape index (κ3) is 0.359. The van der Waals surface area contributed by atoms with E-state index in [1.807, 2.05) is 0 Å². The Morgan fingerprint density at radius 2 is 1.86 bits per heavy atom. The van der Waals surface area contributed by atoms with Gasteiger partial charge in [-0.25, -0.2) is 0 Å². The smallest absolute Gasteiger partial charge is 0.0513 e. The van der Waals surface area contributed by atoms with Crippen molar-refractivity contribution >= 4 is 0 Å². The minimum absolute atomic E-state index is 0.494. The first kappa shape index (κ1) is 3.87. The lowest BCUT2D eigenvalue weighted by Crippen LogP contribution is -2.11. The summed E-state index contributed by atoms with van der Waals surface area (Å²) in [6, 6.07) is 0.494. The molecule has 7 heavy (non-hydrogen) atoms. The Morgan fingerprint density at radius 1 is 1.29 bits per heavy atom. The fourth-order valence-electron chi connectivity index (χ4n) is 1.28. The lowest BCUT2D eigenvalue weighted by molar-refractivity contribution is 0.160. The van der Waals surface area contributed by atoms with Gasteiger partial charge in [-0.05, 0) is 0 Å². The van der Waals surface area contributed by atoms with Gasteiger partial charge in [-0.2, -0.15) is 0 Å². The maximum Gasteiger partial charge on any atom is 0.0513 e. The Morgan fingerprint density at radius 3 is 2.14 bits per heavy atom. The lowest BCUT2D eigenvalue weighted by atomic mass is 10.4. The van der Waals surface area contributed by atoms with E-state index < -0.39 is 0 Å². The summed E-state index contributed by atoms with van der Waals surface area (Å²) in [5.74, 6) is 1.47. The van der Waals surface area contributed by atoms with Gasteiger partial charge in [-0.1, -0.05) is 0 Å². The summed E-state index contributed by atoms with van der Waals surface area (Å²) in [7, 11) is 0. The van der Waals surface area contributed by atoms with Crippen molar-refractivity contribution in [3.05, 3.63) is 0 Å². The molecule has 0 radical (unpaired) electrons. The number of fused-ring (bicyclic) bond motifs is 1. The second kappa shape index (κ2) is 1.01. The molecule has 2 nitrogen and oxygen atoms in total. The predicted octanol–water partition coefficient (Wildman–Crippen LogP) is -0.410. The van der Waals surface area contributed by atoms with E-state index in [0.717, 1.165) is 25.0 Å². The zero-order valence-electron chi connectivity index (χ0n) is 4.13. The summed E-state index contributed by atoms with van der Waals surface area (Å²) in [6.07, 6.45) is 0. The molecule has 0 amide bonds. The number of nitrogens with two attached hydrogens (primary N) is 1. The van der Waals surface area contributed by atoms with Crippen LogP contribution in [0.25, 0.3) is 0 Å². The summed E-state index contributed by atoms with van der Waals surface area (Å²) < 4.78 is 5.10. The van der Waals surface area contributed by atoms with E-state index in [0.29, 0.717) is 6.04 Å². The summed E-state index contributed by atoms with van der Waals surface area (Å²) in [4.78, 5) is 0. The minimum Gasteiger partial charge on any atom is -0.381 e. The highest BCUT2D eigenvalue weighted by atomic mass is 16.5. The number of hydrogen-bond acceptors (Lipinski definition) is 2. The third-order valence-electron chi connectivity index (χ3n) is 2.02. The van der Waals surface area contributed by atoms with Crippen LogP contribution in [0.5, 0.6) is 0 Å². The van der Waals surface area contributed by atoms with Crippen LogP contribution in [0.3, 0.4) is 0 Å². The quantitative estimate of drug-likeness (QED) is 0.448. The van der Waals surface area contributed by atoms with Gasteiger partial charge in [0.15, 0.2) is 0 Å². The van der Waals surface area contributed by atoms with Crippen LogP contribution in [0.15, 0.2) is 0 Å². The second-order valence-corrected chi connectivity index (χ2v) is 2.44. The van der Waals surface area contributed by atoms with Crippen molar-refractivity contribution in [2.45, 2.75) is 6.04 Å². The van der Waals surface area contributed by atoms with Crippen LogP contribution in [-0.2, 0) is 4.74 Å². The van der Waals surface area contributed by atoms with E-state index in [-0.39, 0.29) is 0 Å². The minimum atomic E-state index is 0.494. The van der Waals surface area contributed by atoms with Crippen LogP contribution >= 0.6 is 0 Å². The van der Waals surface area contributed by atoms with Crippen molar-refractivity contribution in [1.82, 2.24) is 0 Å². The molecule has 0 spiro atoms. The lowest BCUT2D eigenvalue weighted by Gasteiger charge is -1.93. The Hall–Kier alpha value is -0.0800. The van der Waals surface area contributed by atoms with E-state index in [9.17, 15) is 0 Å². The van der Waals surface area contributed by atoms with E-state index in [1.54, 1.807) is 0 Å². The van der Waals surface area contributed by atoms with Crippen LogP contribution in [0.1, 0.15) is 0 Å². The highest BCUT2D eigenvalue weighted by Gasteiger charge is 2.51. The highest BCUT2D eigenvalue weighted by Crippen LogP contribution is 2.41. The summed E-state index contributed by atoms with van der Waals surface area (Å²) in [5, 5.41) is 0. The van der Waals surface area contributed by atoms with E-state index in [1.165, 1.54) is 0 Å². The van der Waals surface area contributed by atoms with Crippen molar-refractivity contribution in [1.29, 1.82) is 0 Å². The van der Waals surface area contributed by atoms with Crippen LogP contribution < -0.4 is 5.73 Å². The van der Waals surface area contributed by atoms with E-state index in [2.05, 4.69) is 0 Å². The summed E-state index contributed by atoms with van der Waals surface area (Å²) in [6.45, 7) is 1.84. The first-order valence-corrected chi connectivity index (χ1v) is 2.73. The topological polar surface area (TPSA) is 35.2 Å². The largest absolute Gasteiger partial charge is 0.381 e. The predicted molar refractivity (Wildman–Crippen MR) is 25.8 cm³/mol. The van der Waals surface area contributed by atoms with Gasteiger partial charge in [-0.3, -0.25) is 0 Å². The first-order chi connectivity index (χ1) is 3.39. The van der Waals surface area contributed by atoms with Crippen molar-refractivity contribution in [3.8, 4) is 0 Å². The second-order valence-electron chi connectivity index (χ2n) is 2.44.